The summed E-state index contributed by atoms with van der Waals surface area (Å²) in [5, 5.41) is 4.83. The molecule has 0 unspecified atom stereocenters. The average Bonchev–Trinajstić information content (AvgIpc) is 3.23. The van der Waals surface area contributed by atoms with Crippen LogP contribution in [0, 0.1) is 0 Å². The molecule has 130 valence electrons. The summed E-state index contributed by atoms with van der Waals surface area (Å²) in [6.07, 6.45) is 10.8. The van der Waals surface area contributed by atoms with E-state index in [1.165, 1.54) is 5.57 Å². The van der Waals surface area contributed by atoms with E-state index in [1.54, 1.807) is 6.33 Å². The fourth-order valence-electron chi connectivity index (χ4n) is 3.02. The molecule has 0 saturated carbocycles. The molecule has 1 saturated heterocycles. The number of rotatable bonds is 7. The Labute approximate surface area is 143 Å². The van der Waals surface area contributed by atoms with E-state index in [0.717, 1.165) is 69.2 Å². The first-order chi connectivity index (χ1) is 11.7. The number of allylic oxidation sites excluding steroid dienone is 2. The molecule has 0 radical (unpaired) electrons. The maximum atomic E-state index is 5.46. The number of ether oxygens (including phenoxy) is 1. The third-order valence-corrected chi connectivity index (χ3v) is 4.42. The van der Waals surface area contributed by atoms with Crippen LogP contribution in [0.25, 0.3) is 0 Å². The number of imidazole rings is 1. The van der Waals surface area contributed by atoms with Crippen LogP contribution in [0.1, 0.15) is 56.4 Å². The van der Waals surface area contributed by atoms with Gasteiger partial charge in [0.2, 0.25) is 0 Å². The Morgan fingerprint density at radius 1 is 1.33 bits per heavy atom. The van der Waals surface area contributed by atoms with Crippen molar-refractivity contribution in [1.29, 1.82) is 0 Å². The minimum absolute atomic E-state index is 0.439. The van der Waals surface area contributed by atoms with Gasteiger partial charge in [0.1, 0.15) is 5.82 Å². The van der Waals surface area contributed by atoms with E-state index < -0.39 is 0 Å². The van der Waals surface area contributed by atoms with Gasteiger partial charge in [0.15, 0.2) is 5.82 Å². The minimum atomic E-state index is 0.439. The molecule has 2 aromatic heterocycles. The molecule has 0 aliphatic carbocycles. The lowest BCUT2D eigenvalue weighted by Gasteiger charge is -2.18. The molecule has 2 aromatic rings. The zero-order valence-corrected chi connectivity index (χ0v) is 14.7. The van der Waals surface area contributed by atoms with Crippen molar-refractivity contribution in [2.24, 2.45) is 0 Å². The Balaban J connectivity index is 1.72. The number of nitrogens with zero attached hydrogens (tertiary/aromatic N) is 4. The van der Waals surface area contributed by atoms with Gasteiger partial charge < -0.3 is 9.72 Å². The van der Waals surface area contributed by atoms with Crippen LogP contribution in [0.15, 0.2) is 24.2 Å². The summed E-state index contributed by atoms with van der Waals surface area (Å²) in [5.41, 5.74) is 2.48. The fourth-order valence-corrected chi connectivity index (χ4v) is 3.02. The summed E-state index contributed by atoms with van der Waals surface area (Å²) >= 11 is 0. The van der Waals surface area contributed by atoms with Crippen molar-refractivity contribution >= 4 is 0 Å². The van der Waals surface area contributed by atoms with E-state index in [9.17, 15) is 0 Å². The van der Waals surface area contributed by atoms with E-state index in [-0.39, 0.29) is 0 Å². The molecule has 0 aromatic carbocycles. The van der Waals surface area contributed by atoms with Gasteiger partial charge in [-0.25, -0.2) is 14.6 Å². The fraction of sp³-hybridized carbons (Fsp3) is 0.611. The summed E-state index contributed by atoms with van der Waals surface area (Å²) in [7, 11) is 0. The van der Waals surface area contributed by atoms with Crippen molar-refractivity contribution in [1.82, 2.24) is 24.7 Å². The van der Waals surface area contributed by atoms with E-state index in [2.05, 4.69) is 34.6 Å². The molecule has 1 aliphatic heterocycles. The highest BCUT2D eigenvalue weighted by Crippen LogP contribution is 2.24. The molecule has 24 heavy (non-hydrogen) atoms. The number of hydrogen-bond donors (Lipinski definition) is 1. The molecule has 0 atom stereocenters. The van der Waals surface area contributed by atoms with Crippen LogP contribution in [-0.4, -0.2) is 37.9 Å². The van der Waals surface area contributed by atoms with Crippen molar-refractivity contribution in [2.75, 3.05) is 13.2 Å². The van der Waals surface area contributed by atoms with Crippen molar-refractivity contribution in [3.8, 4) is 0 Å². The van der Waals surface area contributed by atoms with Crippen molar-refractivity contribution < 1.29 is 4.74 Å². The van der Waals surface area contributed by atoms with Gasteiger partial charge in [0.05, 0.1) is 6.33 Å². The molecule has 6 nitrogen and oxygen atoms in total. The molecule has 6 heteroatoms. The van der Waals surface area contributed by atoms with Gasteiger partial charge >= 0.3 is 0 Å². The molecular weight excluding hydrogens is 302 g/mol. The summed E-state index contributed by atoms with van der Waals surface area (Å²) in [6, 6.07) is 0. The summed E-state index contributed by atoms with van der Waals surface area (Å²) in [5.74, 6) is 2.53. The van der Waals surface area contributed by atoms with Crippen LogP contribution in [0.5, 0.6) is 0 Å². The Morgan fingerprint density at radius 3 is 2.88 bits per heavy atom. The van der Waals surface area contributed by atoms with Gasteiger partial charge in [-0.1, -0.05) is 11.6 Å². The van der Waals surface area contributed by atoms with E-state index >= 15 is 0 Å². The van der Waals surface area contributed by atoms with Gasteiger partial charge in [-0.2, -0.15) is 5.10 Å². The highest BCUT2D eigenvalue weighted by Gasteiger charge is 2.21. The molecule has 0 amide bonds. The molecule has 0 bridgehead atoms. The van der Waals surface area contributed by atoms with Gasteiger partial charge in [-0.3, -0.25) is 0 Å². The van der Waals surface area contributed by atoms with E-state index in [1.807, 2.05) is 6.20 Å². The number of hydrogen-bond acceptors (Lipinski definition) is 4. The van der Waals surface area contributed by atoms with Crippen LogP contribution >= 0.6 is 0 Å². The predicted octanol–water partition coefficient (Wildman–Crippen LogP) is 3.04. The Morgan fingerprint density at radius 2 is 2.17 bits per heavy atom. The molecule has 1 N–H and O–H groups in total. The second-order valence-electron chi connectivity index (χ2n) is 6.64. The largest absolute Gasteiger partial charge is 0.381 e. The quantitative estimate of drug-likeness (QED) is 0.793. The molecule has 1 fully saturated rings. The number of nitrogens with one attached hydrogen (secondary N) is 1. The SMILES string of the molecule is CC(C)=CCCc1nc(C2CCOCC2)nn1CCc1cnc[nH]1. The highest BCUT2D eigenvalue weighted by atomic mass is 16.5. The van der Waals surface area contributed by atoms with Crippen LogP contribution < -0.4 is 0 Å². The third-order valence-electron chi connectivity index (χ3n) is 4.42. The number of aryl methyl sites for hydroxylation is 3. The predicted molar refractivity (Wildman–Crippen MR) is 92.9 cm³/mol. The zero-order valence-electron chi connectivity index (χ0n) is 14.7. The smallest absolute Gasteiger partial charge is 0.154 e. The Hall–Kier alpha value is -1.95. The van der Waals surface area contributed by atoms with Crippen LogP contribution in [0.4, 0.5) is 0 Å². The maximum absolute atomic E-state index is 5.46. The second kappa shape index (κ2) is 8.24. The standard InChI is InChI=1S/C18H27N5O/c1-14(2)4-3-5-17-21-18(15-7-10-24-11-8-15)22-23(17)9-6-16-12-19-13-20-16/h4,12-13,15H,3,5-11H2,1-2H3,(H,19,20). The molecule has 3 rings (SSSR count). The van der Waals surface area contributed by atoms with Crippen LogP contribution in [-0.2, 0) is 24.1 Å². The first-order valence-corrected chi connectivity index (χ1v) is 8.84. The summed E-state index contributed by atoms with van der Waals surface area (Å²) in [6.45, 7) is 6.75. The van der Waals surface area contributed by atoms with Gasteiger partial charge in [-0.15, -0.1) is 0 Å². The third kappa shape index (κ3) is 4.54. The summed E-state index contributed by atoms with van der Waals surface area (Å²) < 4.78 is 7.55. The summed E-state index contributed by atoms with van der Waals surface area (Å²) in [4.78, 5) is 12.1. The topological polar surface area (TPSA) is 68.6 Å². The maximum Gasteiger partial charge on any atom is 0.154 e. The molecule has 0 spiro atoms. The van der Waals surface area contributed by atoms with E-state index in [0.29, 0.717) is 5.92 Å². The van der Waals surface area contributed by atoms with Crippen LogP contribution in [0.3, 0.4) is 0 Å². The minimum Gasteiger partial charge on any atom is -0.381 e. The number of aromatic amines is 1. The zero-order chi connectivity index (χ0) is 16.8. The second-order valence-corrected chi connectivity index (χ2v) is 6.64. The van der Waals surface area contributed by atoms with Gasteiger partial charge in [0, 0.05) is 50.4 Å². The molecule has 3 heterocycles. The van der Waals surface area contributed by atoms with Crippen LogP contribution in [0.2, 0.25) is 0 Å². The first-order valence-electron chi connectivity index (χ1n) is 8.84. The van der Waals surface area contributed by atoms with Gasteiger partial charge in [0.25, 0.3) is 0 Å². The molecular formula is C18H27N5O. The lowest BCUT2D eigenvalue weighted by atomic mass is 10.00. The van der Waals surface area contributed by atoms with Crippen molar-refractivity contribution in [3.63, 3.8) is 0 Å². The normalized spacial score (nSPS) is 15.6. The van der Waals surface area contributed by atoms with Crippen molar-refractivity contribution in [3.05, 3.63) is 41.5 Å². The van der Waals surface area contributed by atoms with Gasteiger partial charge in [-0.05, 0) is 33.1 Å². The number of H-pyrrole nitrogens is 1. The monoisotopic (exact) mass is 329 g/mol. The first kappa shape index (κ1) is 16.9. The Kier molecular flexibility index (Phi) is 5.80. The Bertz CT molecular complexity index is 649. The highest BCUT2D eigenvalue weighted by molar-refractivity contribution is 5.04. The molecule has 1 aliphatic rings. The lowest BCUT2D eigenvalue weighted by molar-refractivity contribution is 0.0835. The van der Waals surface area contributed by atoms with E-state index in [4.69, 9.17) is 14.8 Å². The lowest BCUT2D eigenvalue weighted by Crippen LogP contribution is -2.15. The average molecular weight is 329 g/mol. The number of aromatic nitrogens is 5. The van der Waals surface area contributed by atoms with Crippen molar-refractivity contribution in [2.45, 2.75) is 58.4 Å².